The lowest BCUT2D eigenvalue weighted by Crippen LogP contribution is -2.31. The zero-order valence-corrected chi connectivity index (χ0v) is 7.26. The van der Waals surface area contributed by atoms with Crippen molar-refractivity contribution in [2.24, 2.45) is 10.4 Å². The predicted octanol–water partition coefficient (Wildman–Crippen LogP) is -0.225. The van der Waals surface area contributed by atoms with Gasteiger partial charge in [0, 0.05) is 0 Å². The topological polar surface area (TPSA) is 97.9 Å². The van der Waals surface area contributed by atoms with Crippen molar-refractivity contribution in [2.45, 2.75) is 19.9 Å². The Kier molecular flexibility index (Phi) is 4.79. The predicted molar refractivity (Wildman–Crippen MR) is 41.7 cm³/mol. The zero-order chi connectivity index (χ0) is 10.3. The van der Waals surface area contributed by atoms with Crippen LogP contribution in [0.15, 0.2) is 10.4 Å². The number of hydrogen-bond acceptors (Lipinski definition) is 5. The highest BCUT2D eigenvalue weighted by atomic mass is 16.2. The van der Waals surface area contributed by atoms with E-state index in [1.807, 2.05) is 5.43 Å². The zero-order valence-electron chi connectivity index (χ0n) is 7.26. The Balaban J connectivity index is 4.36. The molecule has 0 heterocycles. The smallest absolute Gasteiger partial charge is 0.277 e. The average Bonchev–Trinajstić information content (AvgIpc) is 2.11. The summed E-state index contributed by atoms with van der Waals surface area (Å²) in [5, 5.41) is 15.6. The molecule has 0 bridgehead atoms. The number of carbonyl (C=O) groups is 2. The van der Waals surface area contributed by atoms with Crippen molar-refractivity contribution in [1.82, 2.24) is 10.4 Å². The van der Waals surface area contributed by atoms with Crippen LogP contribution in [0.1, 0.15) is 13.8 Å². The summed E-state index contributed by atoms with van der Waals surface area (Å²) in [6.45, 7) is 3.32. The van der Waals surface area contributed by atoms with E-state index in [0.717, 1.165) is 5.01 Å². The second-order valence-electron chi connectivity index (χ2n) is 2.29. The van der Waals surface area contributed by atoms with Gasteiger partial charge in [-0.1, -0.05) is 0 Å². The number of amides is 2. The van der Waals surface area contributed by atoms with E-state index in [1.165, 1.54) is 6.07 Å². The highest BCUT2D eigenvalue weighted by Crippen LogP contribution is 1.98. The Labute approximate surface area is 75.0 Å². The van der Waals surface area contributed by atoms with Crippen LogP contribution in [0.4, 0.5) is 0 Å². The molecule has 0 atom stereocenters. The van der Waals surface area contributed by atoms with E-state index < -0.39 is 5.91 Å². The minimum absolute atomic E-state index is 0.288. The summed E-state index contributed by atoms with van der Waals surface area (Å²) in [7, 11) is 0. The molecule has 0 aliphatic carbocycles. The lowest BCUT2D eigenvalue weighted by molar-refractivity contribution is -0.127. The molecular weight excluding hydrogens is 174 g/mol. The maximum absolute atomic E-state index is 10.8. The third kappa shape index (κ3) is 3.81. The molecule has 7 nitrogen and oxygen atoms in total. The first-order valence-corrected chi connectivity index (χ1v) is 3.46. The first kappa shape index (κ1) is 11.0. The molecule has 2 amide bonds. The van der Waals surface area contributed by atoms with Gasteiger partial charge in [-0.05, 0) is 24.3 Å². The van der Waals surface area contributed by atoms with Crippen LogP contribution < -0.4 is 5.43 Å². The average molecular weight is 183 g/mol. The molecule has 0 aromatic heterocycles. The van der Waals surface area contributed by atoms with Gasteiger partial charge in [0.2, 0.25) is 6.41 Å². The van der Waals surface area contributed by atoms with Gasteiger partial charge in [-0.15, -0.1) is 0 Å². The van der Waals surface area contributed by atoms with Gasteiger partial charge >= 0.3 is 5.91 Å². The Morgan fingerprint density at radius 1 is 1.69 bits per heavy atom. The first-order chi connectivity index (χ1) is 6.13. The quantitative estimate of drug-likeness (QED) is 0.282. The van der Waals surface area contributed by atoms with E-state index >= 15 is 0 Å². The largest absolute Gasteiger partial charge is 0.346 e. The van der Waals surface area contributed by atoms with E-state index in [9.17, 15) is 9.59 Å². The van der Waals surface area contributed by atoms with E-state index in [4.69, 9.17) is 5.26 Å². The normalized spacial score (nSPS) is 9.69. The summed E-state index contributed by atoms with van der Waals surface area (Å²) in [5.74, 6) is -0.827. The second kappa shape index (κ2) is 5.65. The maximum Gasteiger partial charge on any atom is 0.346 e. The minimum Gasteiger partial charge on any atom is -0.277 e. The molecule has 0 fully saturated rings. The van der Waals surface area contributed by atoms with Gasteiger partial charge in [-0.3, -0.25) is 9.59 Å². The van der Waals surface area contributed by atoms with Crippen molar-refractivity contribution >= 4 is 12.3 Å². The van der Waals surface area contributed by atoms with Crippen molar-refractivity contribution in [3.8, 4) is 6.07 Å². The minimum atomic E-state index is -0.827. The molecule has 0 spiro atoms. The van der Waals surface area contributed by atoms with Gasteiger partial charge < -0.3 is 0 Å². The summed E-state index contributed by atoms with van der Waals surface area (Å²) in [6, 6.07) is 1.10. The molecule has 0 saturated carbocycles. The fourth-order valence-corrected chi connectivity index (χ4v) is 0.527. The van der Waals surface area contributed by atoms with Crippen molar-refractivity contribution in [1.29, 1.82) is 5.26 Å². The van der Waals surface area contributed by atoms with Gasteiger partial charge in [-0.25, -0.2) is 5.43 Å². The Bertz CT molecular complexity index is 254. The molecule has 7 heteroatoms. The van der Waals surface area contributed by atoms with E-state index in [2.05, 4.69) is 10.4 Å². The SMILES string of the molecule is CC(C)N(N=NNC=O)C(=O)C#N. The van der Waals surface area contributed by atoms with Crippen molar-refractivity contribution in [3.63, 3.8) is 0 Å². The molecule has 13 heavy (non-hydrogen) atoms. The number of rotatable bonds is 4. The van der Waals surface area contributed by atoms with Crippen LogP contribution in [0.2, 0.25) is 0 Å². The summed E-state index contributed by atoms with van der Waals surface area (Å²) in [4.78, 5) is 20.6. The number of carbonyl (C=O) groups excluding carboxylic acids is 2. The van der Waals surface area contributed by atoms with E-state index in [0.29, 0.717) is 6.41 Å². The molecule has 0 aliphatic rings. The molecule has 0 aliphatic heterocycles. The Morgan fingerprint density at radius 2 is 2.31 bits per heavy atom. The number of nitrogens with one attached hydrogen (secondary N) is 1. The summed E-state index contributed by atoms with van der Waals surface area (Å²) >= 11 is 0. The van der Waals surface area contributed by atoms with E-state index in [-0.39, 0.29) is 6.04 Å². The van der Waals surface area contributed by atoms with Crippen molar-refractivity contribution < 1.29 is 9.59 Å². The molecule has 0 unspecified atom stereocenters. The molecule has 1 N–H and O–H groups in total. The molecular formula is C6H9N5O2. The summed E-state index contributed by atoms with van der Waals surface area (Å²) in [5.41, 5.74) is 1.89. The highest BCUT2D eigenvalue weighted by Gasteiger charge is 2.15. The third-order valence-corrected chi connectivity index (χ3v) is 1.04. The number of nitriles is 1. The highest BCUT2D eigenvalue weighted by molar-refractivity contribution is 5.91. The van der Waals surface area contributed by atoms with Gasteiger partial charge in [0.1, 0.15) is 0 Å². The van der Waals surface area contributed by atoms with Gasteiger partial charge in [0.05, 0.1) is 6.04 Å². The van der Waals surface area contributed by atoms with Crippen molar-refractivity contribution in [2.75, 3.05) is 0 Å². The Hall–Kier alpha value is -1.97. The summed E-state index contributed by atoms with van der Waals surface area (Å²) in [6.07, 6.45) is 0.304. The molecule has 0 rings (SSSR count). The molecule has 0 saturated heterocycles. The lowest BCUT2D eigenvalue weighted by atomic mass is 10.4. The van der Waals surface area contributed by atoms with Gasteiger partial charge in [0.15, 0.2) is 6.07 Å². The van der Waals surface area contributed by atoms with Crippen LogP contribution in [-0.4, -0.2) is 23.4 Å². The molecule has 0 aromatic carbocycles. The van der Waals surface area contributed by atoms with Crippen LogP contribution in [-0.2, 0) is 9.59 Å². The standard InChI is InChI=1S/C6H9N5O2/c1-5(2)11(6(13)3-7)10-9-8-4-12/h4-5H,1-2H3,(H,8,10,12). The number of nitrogens with zero attached hydrogens (tertiary/aromatic N) is 4. The third-order valence-electron chi connectivity index (χ3n) is 1.04. The molecule has 0 radical (unpaired) electrons. The molecule has 70 valence electrons. The van der Waals surface area contributed by atoms with Crippen molar-refractivity contribution in [3.05, 3.63) is 0 Å². The second-order valence-corrected chi connectivity index (χ2v) is 2.29. The van der Waals surface area contributed by atoms with Gasteiger partial charge in [-0.2, -0.15) is 10.3 Å². The van der Waals surface area contributed by atoms with E-state index in [1.54, 1.807) is 13.8 Å². The van der Waals surface area contributed by atoms with Crippen LogP contribution in [0.5, 0.6) is 0 Å². The summed E-state index contributed by atoms with van der Waals surface area (Å²) < 4.78 is 0. The fourth-order valence-electron chi connectivity index (χ4n) is 0.527. The monoisotopic (exact) mass is 183 g/mol. The maximum atomic E-state index is 10.8. The molecule has 0 aromatic rings. The van der Waals surface area contributed by atoms with Crippen LogP contribution in [0.25, 0.3) is 0 Å². The van der Waals surface area contributed by atoms with Crippen LogP contribution >= 0.6 is 0 Å². The van der Waals surface area contributed by atoms with Crippen LogP contribution in [0, 0.1) is 11.3 Å². The first-order valence-electron chi connectivity index (χ1n) is 3.46. The number of hydrogen-bond donors (Lipinski definition) is 1. The lowest BCUT2D eigenvalue weighted by Gasteiger charge is -2.14. The fraction of sp³-hybridized carbons (Fsp3) is 0.500. The van der Waals surface area contributed by atoms with Crippen LogP contribution in [0.3, 0.4) is 0 Å². The Morgan fingerprint density at radius 3 is 2.69 bits per heavy atom. The van der Waals surface area contributed by atoms with Gasteiger partial charge in [0.25, 0.3) is 0 Å².